The average molecular weight is 349 g/mol. The summed E-state index contributed by atoms with van der Waals surface area (Å²) in [5.74, 6) is -2.97. The van der Waals surface area contributed by atoms with Gasteiger partial charge in [-0.15, -0.1) is 0 Å². The minimum absolute atomic E-state index is 0.315. The summed E-state index contributed by atoms with van der Waals surface area (Å²) in [4.78, 5) is 24.1. The van der Waals surface area contributed by atoms with Crippen LogP contribution in [0.4, 0.5) is 14.5 Å². The van der Waals surface area contributed by atoms with Gasteiger partial charge in [0.15, 0.2) is 6.10 Å². The zero-order valence-corrected chi connectivity index (χ0v) is 13.9. The number of hydrogen-bond acceptors (Lipinski definition) is 4. The lowest BCUT2D eigenvalue weighted by Crippen LogP contribution is -2.30. The van der Waals surface area contributed by atoms with Crippen LogP contribution >= 0.6 is 0 Å². The van der Waals surface area contributed by atoms with E-state index in [0.717, 1.165) is 17.7 Å². The van der Waals surface area contributed by atoms with Crippen molar-refractivity contribution in [1.82, 2.24) is 0 Å². The van der Waals surface area contributed by atoms with Gasteiger partial charge >= 0.3 is 5.97 Å². The molecule has 0 unspecified atom stereocenters. The van der Waals surface area contributed by atoms with E-state index < -0.39 is 29.6 Å². The molecule has 0 aliphatic heterocycles. The lowest BCUT2D eigenvalue weighted by molar-refractivity contribution is -0.123. The molecule has 5 nitrogen and oxygen atoms in total. The van der Waals surface area contributed by atoms with Crippen LogP contribution in [0.15, 0.2) is 36.4 Å². The van der Waals surface area contributed by atoms with Crippen molar-refractivity contribution in [2.24, 2.45) is 0 Å². The molecule has 1 N–H and O–H groups in total. The molecular formula is C18H17F2NO4. The third-order valence-corrected chi connectivity index (χ3v) is 3.36. The fourth-order valence-corrected chi connectivity index (χ4v) is 2.11. The van der Waals surface area contributed by atoms with Crippen LogP contribution in [0.5, 0.6) is 5.75 Å². The van der Waals surface area contributed by atoms with Gasteiger partial charge in [-0.3, -0.25) is 4.79 Å². The van der Waals surface area contributed by atoms with Crippen molar-refractivity contribution < 1.29 is 27.8 Å². The van der Waals surface area contributed by atoms with Crippen molar-refractivity contribution in [2.45, 2.75) is 20.0 Å². The minimum atomic E-state index is -1.18. The van der Waals surface area contributed by atoms with Crippen molar-refractivity contribution in [3.63, 3.8) is 0 Å². The highest BCUT2D eigenvalue weighted by atomic mass is 19.1. The summed E-state index contributed by atoms with van der Waals surface area (Å²) in [6.45, 7) is 3.20. The van der Waals surface area contributed by atoms with Crippen LogP contribution < -0.4 is 10.1 Å². The zero-order valence-electron chi connectivity index (χ0n) is 13.9. The highest BCUT2D eigenvalue weighted by Gasteiger charge is 2.21. The van der Waals surface area contributed by atoms with E-state index in [1.54, 1.807) is 12.1 Å². The third kappa shape index (κ3) is 4.76. The van der Waals surface area contributed by atoms with Gasteiger partial charge in [0.1, 0.15) is 17.4 Å². The Hall–Kier alpha value is -2.96. The molecule has 25 heavy (non-hydrogen) atoms. The van der Waals surface area contributed by atoms with Gasteiger partial charge in [0.25, 0.3) is 5.91 Å². The summed E-state index contributed by atoms with van der Waals surface area (Å²) in [6, 6.07) is 7.51. The predicted molar refractivity (Wildman–Crippen MR) is 87.6 cm³/mol. The van der Waals surface area contributed by atoms with E-state index in [0.29, 0.717) is 17.5 Å². The van der Waals surface area contributed by atoms with Crippen LogP contribution in [-0.4, -0.2) is 25.1 Å². The van der Waals surface area contributed by atoms with Gasteiger partial charge in [0.2, 0.25) is 0 Å². The van der Waals surface area contributed by atoms with Gasteiger partial charge in [0, 0.05) is 6.07 Å². The molecule has 1 atom stereocenters. The van der Waals surface area contributed by atoms with Crippen LogP contribution in [0.2, 0.25) is 0 Å². The molecule has 2 aromatic carbocycles. The van der Waals surface area contributed by atoms with Crippen molar-refractivity contribution >= 4 is 17.6 Å². The number of anilines is 1. The maximum absolute atomic E-state index is 13.2. The monoisotopic (exact) mass is 349 g/mol. The Morgan fingerprint density at radius 2 is 1.72 bits per heavy atom. The largest absolute Gasteiger partial charge is 0.495 e. The molecule has 0 spiro atoms. The van der Waals surface area contributed by atoms with E-state index in [9.17, 15) is 18.4 Å². The number of carbonyl (C=O) groups excluding carboxylic acids is 2. The van der Waals surface area contributed by atoms with E-state index >= 15 is 0 Å². The summed E-state index contributed by atoms with van der Waals surface area (Å²) in [5, 5.41) is 2.59. The van der Waals surface area contributed by atoms with Crippen molar-refractivity contribution in [3.8, 4) is 5.75 Å². The number of esters is 1. The van der Waals surface area contributed by atoms with Gasteiger partial charge in [0.05, 0.1) is 18.4 Å². The lowest BCUT2D eigenvalue weighted by Gasteiger charge is -2.15. The molecule has 1 amide bonds. The molecule has 7 heteroatoms. The normalized spacial score (nSPS) is 11.6. The number of carbonyl (C=O) groups is 2. The maximum atomic E-state index is 13.2. The number of ether oxygens (including phenoxy) is 2. The number of benzene rings is 2. The quantitative estimate of drug-likeness (QED) is 0.840. The van der Waals surface area contributed by atoms with E-state index in [1.165, 1.54) is 14.0 Å². The van der Waals surface area contributed by atoms with E-state index in [2.05, 4.69) is 5.32 Å². The first-order chi connectivity index (χ1) is 11.8. The molecular weight excluding hydrogens is 332 g/mol. The van der Waals surface area contributed by atoms with Crippen molar-refractivity contribution in [3.05, 3.63) is 59.2 Å². The van der Waals surface area contributed by atoms with E-state index in [1.807, 2.05) is 13.0 Å². The molecule has 0 aliphatic carbocycles. The number of hydrogen-bond donors (Lipinski definition) is 1. The first-order valence-electron chi connectivity index (χ1n) is 7.42. The van der Waals surface area contributed by atoms with E-state index in [-0.39, 0.29) is 5.56 Å². The van der Waals surface area contributed by atoms with Crippen molar-refractivity contribution in [2.75, 3.05) is 12.4 Å². The topological polar surface area (TPSA) is 64.6 Å². The summed E-state index contributed by atoms with van der Waals surface area (Å²) in [6.07, 6.45) is -1.18. The van der Waals surface area contributed by atoms with Crippen LogP contribution in [0.1, 0.15) is 22.8 Å². The van der Waals surface area contributed by atoms with Gasteiger partial charge in [-0.1, -0.05) is 6.07 Å². The Bertz CT molecular complexity index is 787. The molecule has 0 aliphatic rings. The summed E-state index contributed by atoms with van der Waals surface area (Å²) in [5.41, 5.74) is 1.01. The standard InChI is InChI=1S/C18H17F2NO4/c1-10-4-5-16(24-3)15(6-10)21-17(22)11(2)25-18(23)12-7-13(19)9-14(20)8-12/h4-9,11H,1-3H3,(H,21,22)/t11-/m0/s1. The number of halogens is 2. The van der Waals surface area contributed by atoms with Crippen LogP contribution in [0.25, 0.3) is 0 Å². The molecule has 0 aromatic heterocycles. The summed E-state index contributed by atoms with van der Waals surface area (Å²) < 4.78 is 36.4. The second kappa shape index (κ2) is 7.74. The minimum Gasteiger partial charge on any atom is -0.495 e. The molecule has 0 bridgehead atoms. The van der Waals surface area contributed by atoms with Gasteiger partial charge < -0.3 is 14.8 Å². The highest BCUT2D eigenvalue weighted by Crippen LogP contribution is 2.25. The first kappa shape index (κ1) is 18.4. The SMILES string of the molecule is COc1ccc(C)cc1NC(=O)[C@H](C)OC(=O)c1cc(F)cc(F)c1. The number of nitrogens with one attached hydrogen (secondary N) is 1. The average Bonchev–Trinajstić information content (AvgIpc) is 2.54. The second-order valence-corrected chi connectivity index (χ2v) is 5.40. The summed E-state index contributed by atoms with van der Waals surface area (Å²) in [7, 11) is 1.46. The second-order valence-electron chi connectivity index (χ2n) is 5.40. The number of aryl methyl sites for hydroxylation is 1. The van der Waals surface area contributed by atoms with Gasteiger partial charge in [-0.2, -0.15) is 0 Å². The fraction of sp³-hybridized carbons (Fsp3) is 0.222. The fourth-order valence-electron chi connectivity index (χ4n) is 2.11. The molecule has 0 radical (unpaired) electrons. The molecule has 2 rings (SSSR count). The smallest absolute Gasteiger partial charge is 0.339 e. The third-order valence-electron chi connectivity index (χ3n) is 3.36. The molecule has 0 fully saturated rings. The molecule has 2 aromatic rings. The highest BCUT2D eigenvalue weighted by molar-refractivity contribution is 5.98. The summed E-state index contributed by atoms with van der Waals surface area (Å²) >= 11 is 0. The molecule has 0 saturated heterocycles. The Kier molecular flexibility index (Phi) is 5.69. The molecule has 0 saturated carbocycles. The predicted octanol–water partition coefficient (Wildman–Crippen LogP) is 3.47. The Balaban J connectivity index is 2.07. The van der Waals surface area contributed by atoms with Gasteiger partial charge in [-0.05, 0) is 43.7 Å². The Morgan fingerprint density at radius 1 is 1.08 bits per heavy atom. The molecule has 0 heterocycles. The van der Waals surface area contributed by atoms with Gasteiger partial charge in [-0.25, -0.2) is 13.6 Å². The molecule has 132 valence electrons. The zero-order chi connectivity index (χ0) is 18.6. The number of amides is 1. The van der Waals surface area contributed by atoms with Crippen LogP contribution in [0, 0.1) is 18.6 Å². The number of methoxy groups -OCH3 is 1. The maximum Gasteiger partial charge on any atom is 0.339 e. The number of rotatable bonds is 5. The lowest BCUT2D eigenvalue weighted by atomic mass is 10.2. The van der Waals surface area contributed by atoms with Crippen LogP contribution in [-0.2, 0) is 9.53 Å². The van der Waals surface area contributed by atoms with Crippen LogP contribution in [0.3, 0.4) is 0 Å². The first-order valence-corrected chi connectivity index (χ1v) is 7.42. The Labute approximate surface area is 143 Å². The van der Waals surface area contributed by atoms with Crippen molar-refractivity contribution in [1.29, 1.82) is 0 Å². The van der Waals surface area contributed by atoms with E-state index in [4.69, 9.17) is 9.47 Å². The Morgan fingerprint density at radius 3 is 2.32 bits per heavy atom.